The topological polar surface area (TPSA) is 60.5 Å². The zero-order valence-electron chi connectivity index (χ0n) is 16.2. The van der Waals surface area contributed by atoms with Crippen molar-refractivity contribution in [1.29, 1.82) is 0 Å². The van der Waals surface area contributed by atoms with E-state index in [4.69, 9.17) is 14.1 Å². The smallest absolute Gasteiger partial charge is 0.289 e. The van der Waals surface area contributed by atoms with Crippen LogP contribution in [0.1, 0.15) is 41.9 Å². The molecule has 2 aromatic heterocycles. The molecule has 3 aliphatic rings. The van der Waals surface area contributed by atoms with Gasteiger partial charge in [-0.1, -0.05) is 12.1 Å². The molecule has 1 aliphatic carbocycles. The second kappa shape index (κ2) is 6.24. The molecule has 4 heterocycles. The molecule has 2 fully saturated rings. The summed E-state index contributed by atoms with van der Waals surface area (Å²) in [7, 11) is 0. The molecule has 1 spiro atoms. The minimum Gasteiger partial charge on any atom is -0.480 e. The summed E-state index contributed by atoms with van der Waals surface area (Å²) in [6.07, 6.45) is 7.61. The highest BCUT2D eigenvalue weighted by Crippen LogP contribution is 2.49. The predicted octanol–water partition coefficient (Wildman–Crippen LogP) is 4.08. The summed E-state index contributed by atoms with van der Waals surface area (Å²) >= 11 is 0. The van der Waals surface area contributed by atoms with Crippen LogP contribution in [0.25, 0.3) is 11.3 Å². The lowest BCUT2D eigenvalue weighted by Crippen LogP contribution is -2.50. The van der Waals surface area contributed by atoms with Gasteiger partial charge >= 0.3 is 0 Å². The lowest BCUT2D eigenvalue weighted by atomic mass is 9.83. The number of likely N-dealkylation sites (tertiary alicyclic amines) is 1. The van der Waals surface area contributed by atoms with Crippen LogP contribution in [0.5, 0.6) is 5.75 Å². The van der Waals surface area contributed by atoms with E-state index in [1.807, 2.05) is 29.4 Å². The standard InChI is InChI=1S/C23H23N3O3/c27-22(19-6-3-13-28-19)25-11-9-23(10-12-25)21-20(17-4-1-2-5-18(17)29-23)24-15-26(21)14-16-7-8-16/h1-6,13,15-16H,7-12,14H2. The van der Waals surface area contributed by atoms with Crippen LogP contribution in [-0.4, -0.2) is 33.4 Å². The molecule has 0 bridgehead atoms. The number of piperidine rings is 1. The zero-order valence-corrected chi connectivity index (χ0v) is 16.2. The number of rotatable bonds is 3. The summed E-state index contributed by atoms with van der Waals surface area (Å²) in [5, 5.41) is 0. The van der Waals surface area contributed by atoms with Crippen LogP contribution < -0.4 is 4.74 Å². The number of hydrogen-bond acceptors (Lipinski definition) is 4. The fraction of sp³-hybridized carbons (Fsp3) is 0.391. The van der Waals surface area contributed by atoms with E-state index in [2.05, 4.69) is 10.6 Å². The maximum atomic E-state index is 12.7. The molecule has 1 aromatic carbocycles. The van der Waals surface area contributed by atoms with Gasteiger partial charge in [0.2, 0.25) is 0 Å². The number of aromatic nitrogens is 2. The van der Waals surface area contributed by atoms with Crippen LogP contribution >= 0.6 is 0 Å². The third kappa shape index (κ3) is 2.69. The van der Waals surface area contributed by atoms with Gasteiger partial charge in [-0.3, -0.25) is 4.79 Å². The highest BCUT2D eigenvalue weighted by molar-refractivity contribution is 5.91. The number of para-hydroxylation sites is 1. The number of ether oxygens (including phenoxy) is 1. The van der Waals surface area contributed by atoms with Crippen molar-refractivity contribution >= 4 is 5.91 Å². The summed E-state index contributed by atoms with van der Waals surface area (Å²) in [6, 6.07) is 11.6. The van der Waals surface area contributed by atoms with Crippen molar-refractivity contribution in [2.75, 3.05) is 13.1 Å². The van der Waals surface area contributed by atoms with Gasteiger partial charge in [-0.25, -0.2) is 4.98 Å². The van der Waals surface area contributed by atoms with Gasteiger partial charge in [0.15, 0.2) is 11.4 Å². The Hall–Kier alpha value is -3.02. The number of hydrogen-bond donors (Lipinski definition) is 0. The number of imidazole rings is 1. The Bertz CT molecular complexity index is 1060. The first-order chi connectivity index (χ1) is 14.2. The molecular formula is C23H23N3O3. The van der Waals surface area contributed by atoms with Gasteiger partial charge < -0.3 is 18.6 Å². The van der Waals surface area contributed by atoms with Crippen LogP contribution in [-0.2, 0) is 12.1 Å². The second-order valence-electron chi connectivity index (χ2n) is 8.40. The molecule has 1 amide bonds. The van der Waals surface area contributed by atoms with E-state index in [0.29, 0.717) is 18.8 Å². The first-order valence-corrected chi connectivity index (χ1v) is 10.4. The van der Waals surface area contributed by atoms with E-state index in [0.717, 1.165) is 42.3 Å². The zero-order chi connectivity index (χ0) is 19.4. The number of amides is 1. The fourth-order valence-electron chi connectivity index (χ4n) is 4.75. The van der Waals surface area contributed by atoms with Crippen molar-refractivity contribution < 1.29 is 13.9 Å². The molecule has 2 aliphatic heterocycles. The third-order valence-corrected chi connectivity index (χ3v) is 6.46. The van der Waals surface area contributed by atoms with Crippen molar-refractivity contribution in [3.8, 4) is 17.0 Å². The third-order valence-electron chi connectivity index (χ3n) is 6.46. The summed E-state index contributed by atoms with van der Waals surface area (Å²) in [4.78, 5) is 19.4. The van der Waals surface area contributed by atoms with Crippen molar-refractivity contribution in [3.63, 3.8) is 0 Å². The van der Waals surface area contributed by atoms with Crippen LogP contribution in [0.4, 0.5) is 0 Å². The molecule has 29 heavy (non-hydrogen) atoms. The maximum absolute atomic E-state index is 12.7. The molecule has 0 radical (unpaired) electrons. The monoisotopic (exact) mass is 389 g/mol. The Kier molecular flexibility index (Phi) is 3.63. The normalized spacial score (nSPS) is 19.5. The number of carbonyl (C=O) groups excluding carboxylic acids is 1. The molecule has 3 aromatic rings. The minimum absolute atomic E-state index is 0.0484. The Balaban J connectivity index is 1.35. The molecule has 0 atom stereocenters. The van der Waals surface area contributed by atoms with Gasteiger partial charge in [0.1, 0.15) is 5.75 Å². The molecule has 6 heteroatoms. The summed E-state index contributed by atoms with van der Waals surface area (Å²) < 4.78 is 14.3. The molecule has 1 saturated carbocycles. The van der Waals surface area contributed by atoms with Gasteiger partial charge in [0.25, 0.3) is 5.91 Å². The number of furan rings is 1. The number of fused-ring (bicyclic) bond motifs is 4. The van der Waals surface area contributed by atoms with Crippen LogP contribution in [0.15, 0.2) is 53.4 Å². The highest BCUT2D eigenvalue weighted by atomic mass is 16.5. The minimum atomic E-state index is -0.435. The Morgan fingerprint density at radius 2 is 1.97 bits per heavy atom. The highest BCUT2D eigenvalue weighted by Gasteiger charge is 2.47. The largest absolute Gasteiger partial charge is 0.480 e. The lowest BCUT2D eigenvalue weighted by molar-refractivity contribution is -0.00822. The molecular weight excluding hydrogens is 366 g/mol. The van der Waals surface area contributed by atoms with Crippen molar-refractivity contribution in [1.82, 2.24) is 14.5 Å². The molecule has 1 saturated heterocycles. The second-order valence-corrected chi connectivity index (χ2v) is 8.40. The Morgan fingerprint density at radius 1 is 1.14 bits per heavy atom. The van der Waals surface area contributed by atoms with Crippen LogP contribution in [0.2, 0.25) is 0 Å². The number of nitrogens with zero attached hydrogens (tertiary/aromatic N) is 3. The molecule has 6 nitrogen and oxygen atoms in total. The van der Waals surface area contributed by atoms with E-state index in [1.165, 1.54) is 18.5 Å². The predicted molar refractivity (Wildman–Crippen MR) is 107 cm³/mol. The summed E-state index contributed by atoms with van der Waals surface area (Å²) in [5.74, 6) is 1.99. The Labute approximate surface area is 169 Å². The summed E-state index contributed by atoms with van der Waals surface area (Å²) in [5.41, 5.74) is 2.86. The molecule has 0 N–H and O–H groups in total. The van der Waals surface area contributed by atoms with Gasteiger partial charge in [-0.05, 0) is 43.0 Å². The van der Waals surface area contributed by atoms with E-state index < -0.39 is 5.60 Å². The van der Waals surface area contributed by atoms with E-state index in [-0.39, 0.29) is 5.91 Å². The quantitative estimate of drug-likeness (QED) is 0.677. The van der Waals surface area contributed by atoms with Gasteiger partial charge in [-0.2, -0.15) is 0 Å². The molecule has 6 rings (SSSR count). The van der Waals surface area contributed by atoms with Crippen molar-refractivity contribution in [2.45, 2.75) is 37.8 Å². The van der Waals surface area contributed by atoms with Crippen LogP contribution in [0.3, 0.4) is 0 Å². The first kappa shape index (κ1) is 16.9. The van der Waals surface area contributed by atoms with Gasteiger partial charge in [0, 0.05) is 38.0 Å². The number of benzene rings is 1. The van der Waals surface area contributed by atoms with Crippen molar-refractivity contribution in [2.24, 2.45) is 5.92 Å². The average Bonchev–Trinajstić information content (AvgIpc) is 3.22. The van der Waals surface area contributed by atoms with Crippen molar-refractivity contribution in [3.05, 3.63) is 60.4 Å². The lowest BCUT2D eigenvalue weighted by Gasteiger charge is -2.44. The van der Waals surface area contributed by atoms with Gasteiger partial charge in [-0.15, -0.1) is 0 Å². The molecule has 0 unspecified atom stereocenters. The number of carbonyl (C=O) groups is 1. The van der Waals surface area contributed by atoms with E-state index in [1.54, 1.807) is 18.4 Å². The SMILES string of the molecule is O=C(c1ccco1)N1CCC2(CC1)Oc1ccccc1-c1ncn(CC3CC3)c12. The summed E-state index contributed by atoms with van der Waals surface area (Å²) in [6.45, 7) is 2.27. The van der Waals surface area contributed by atoms with Crippen LogP contribution in [0, 0.1) is 5.92 Å². The Morgan fingerprint density at radius 3 is 2.72 bits per heavy atom. The average molecular weight is 389 g/mol. The van der Waals surface area contributed by atoms with E-state index >= 15 is 0 Å². The van der Waals surface area contributed by atoms with Gasteiger partial charge in [0.05, 0.1) is 24.0 Å². The first-order valence-electron chi connectivity index (χ1n) is 10.4. The van der Waals surface area contributed by atoms with E-state index in [9.17, 15) is 4.79 Å². The maximum Gasteiger partial charge on any atom is 0.289 e. The molecule has 148 valence electrons. The fourth-order valence-corrected chi connectivity index (χ4v) is 4.75.